The van der Waals surface area contributed by atoms with Crippen LogP contribution in [0.2, 0.25) is 0 Å². The Hall–Kier alpha value is -1.81. The first-order valence-electron chi connectivity index (χ1n) is 6.95. The molecule has 0 bridgehead atoms. The van der Waals surface area contributed by atoms with Gasteiger partial charge in [-0.3, -0.25) is 4.57 Å². The Balaban J connectivity index is 2.18. The van der Waals surface area contributed by atoms with Crippen LogP contribution in [0.4, 0.5) is 0 Å². The van der Waals surface area contributed by atoms with Crippen molar-refractivity contribution >= 4 is 12.9 Å². The zero-order chi connectivity index (χ0) is 16.3. The van der Waals surface area contributed by atoms with Gasteiger partial charge in [0.2, 0.25) is 0 Å². The summed E-state index contributed by atoms with van der Waals surface area (Å²) in [6, 6.07) is 11.0. The van der Waals surface area contributed by atoms with Crippen LogP contribution >= 0.6 is 7.60 Å². The Morgan fingerprint density at radius 2 is 1.68 bits per heavy atom. The van der Waals surface area contributed by atoms with Crippen LogP contribution in [0.15, 0.2) is 42.5 Å². The third kappa shape index (κ3) is 3.89. The first-order valence-corrected chi connectivity index (χ1v) is 8.56. The molecule has 0 heterocycles. The summed E-state index contributed by atoms with van der Waals surface area (Å²) in [6.07, 6.45) is 0.977. The van der Waals surface area contributed by atoms with Crippen molar-refractivity contribution in [3.8, 4) is 11.5 Å². The molecule has 0 saturated carbocycles. The van der Waals surface area contributed by atoms with Gasteiger partial charge in [-0.25, -0.2) is 0 Å². The van der Waals surface area contributed by atoms with Crippen LogP contribution in [0, 0.1) is 0 Å². The molecule has 4 N–H and O–H groups in total. The average Bonchev–Trinajstić information content (AvgIpc) is 2.45. The Bertz CT molecular complexity index is 690. The van der Waals surface area contributed by atoms with Crippen molar-refractivity contribution in [2.24, 2.45) is 0 Å². The molecule has 0 fully saturated rings. The molecule has 0 amide bonds. The predicted octanol–water partition coefficient (Wildman–Crippen LogP) is 2.64. The number of benzene rings is 2. The molecule has 0 aliphatic carbocycles. The third-order valence-corrected chi connectivity index (χ3v) is 4.78. The van der Waals surface area contributed by atoms with E-state index in [2.05, 4.69) is 0 Å². The minimum Gasteiger partial charge on any atom is -0.508 e. The molecule has 0 aliphatic heterocycles. The maximum absolute atomic E-state index is 11.5. The van der Waals surface area contributed by atoms with Crippen LogP contribution in [0.3, 0.4) is 0 Å². The monoisotopic (exact) mass is 322 g/mol. The Kier molecular flexibility index (Phi) is 4.91. The van der Waals surface area contributed by atoms with Gasteiger partial charge >= 0.3 is 7.60 Å². The molecule has 5 nitrogen and oxygen atoms in total. The minimum atomic E-state index is -4.41. The number of hydrogen-bond donors (Lipinski definition) is 4. The van der Waals surface area contributed by atoms with Crippen LogP contribution in [0.5, 0.6) is 11.5 Å². The van der Waals surface area contributed by atoms with Crippen LogP contribution in [-0.4, -0.2) is 20.0 Å². The number of phenols is 2. The van der Waals surface area contributed by atoms with E-state index < -0.39 is 7.60 Å². The Morgan fingerprint density at radius 1 is 1.05 bits per heavy atom. The van der Waals surface area contributed by atoms with Gasteiger partial charge in [0.1, 0.15) is 11.5 Å². The fourth-order valence-corrected chi connectivity index (χ4v) is 3.28. The summed E-state index contributed by atoms with van der Waals surface area (Å²) in [7, 11) is -4.41. The van der Waals surface area contributed by atoms with Crippen molar-refractivity contribution in [1.82, 2.24) is 0 Å². The van der Waals surface area contributed by atoms with E-state index in [0.29, 0.717) is 18.4 Å². The lowest BCUT2D eigenvalue weighted by Crippen LogP contribution is -2.12. The van der Waals surface area contributed by atoms with Gasteiger partial charge in [0.05, 0.1) is 5.30 Å². The normalized spacial score (nSPS) is 13.0. The van der Waals surface area contributed by atoms with Crippen molar-refractivity contribution in [2.75, 3.05) is 0 Å². The fourth-order valence-electron chi connectivity index (χ4n) is 2.42. The fraction of sp³-hybridized carbons (Fsp3) is 0.250. The van der Waals surface area contributed by atoms with Crippen LogP contribution < -0.4 is 5.30 Å². The van der Waals surface area contributed by atoms with Crippen molar-refractivity contribution in [3.05, 3.63) is 53.6 Å². The average molecular weight is 322 g/mol. The second-order valence-electron chi connectivity index (χ2n) is 5.35. The predicted molar refractivity (Wildman–Crippen MR) is 84.6 cm³/mol. The van der Waals surface area contributed by atoms with Gasteiger partial charge < -0.3 is 20.0 Å². The van der Waals surface area contributed by atoms with E-state index in [1.54, 1.807) is 12.1 Å². The lowest BCUT2D eigenvalue weighted by atomic mass is 9.94. The van der Waals surface area contributed by atoms with Crippen molar-refractivity contribution in [3.63, 3.8) is 0 Å². The lowest BCUT2D eigenvalue weighted by molar-refractivity contribution is 0.386. The molecular weight excluding hydrogens is 303 g/mol. The highest BCUT2D eigenvalue weighted by atomic mass is 31.2. The molecule has 0 saturated heterocycles. The first kappa shape index (κ1) is 16.6. The van der Waals surface area contributed by atoms with Crippen molar-refractivity contribution in [1.29, 1.82) is 0 Å². The number of phenolic OH excluding ortho intramolecular Hbond substituents is 2. The summed E-state index contributed by atoms with van der Waals surface area (Å²) in [6.45, 7) is 1.99. The molecule has 2 aromatic carbocycles. The first-order chi connectivity index (χ1) is 10.3. The van der Waals surface area contributed by atoms with Gasteiger partial charge in [0.25, 0.3) is 0 Å². The van der Waals surface area contributed by atoms with Crippen molar-refractivity contribution in [2.45, 2.75) is 25.7 Å². The van der Waals surface area contributed by atoms with E-state index in [4.69, 9.17) is 0 Å². The smallest absolute Gasteiger partial charge is 0.356 e. The maximum Gasteiger partial charge on any atom is 0.356 e. The summed E-state index contributed by atoms with van der Waals surface area (Å²) < 4.78 is 11.5. The van der Waals surface area contributed by atoms with Gasteiger partial charge in [-0.2, -0.15) is 0 Å². The van der Waals surface area contributed by atoms with Gasteiger partial charge in [-0.15, -0.1) is 0 Å². The largest absolute Gasteiger partial charge is 0.508 e. The molecule has 6 heteroatoms. The van der Waals surface area contributed by atoms with Crippen LogP contribution in [-0.2, 0) is 11.0 Å². The SMILES string of the molecule is CC(CCc1c(O)cccc1P(=O)(O)O)c1ccc(O)cc1. The number of rotatable bonds is 5. The Morgan fingerprint density at radius 3 is 2.27 bits per heavy atom. The van der Waals surface area contributed by atoms with Crippen LogP contribution in [0.1, 0.15) is 30.4 Å². The minimum absolute atomic E-state index is 0.0984. The number of aromatic hydroxyl groups is 2. The highest BCUT2D eigenvalue weighted by Gasteiger charge is 2.23. The van der Waals surface area contributed by atoms with Gasteiger partial charge in [-0.05, 0) is 48.6 Å². The van der Waals surface area contributed by atoms with E-state index in [1.165, 1.54) is 18.2 Å². The summed E-state index contributed by atoms with van der Waals surface area (Å²) in [5.74, 6) is 0.226. The molecule has 118 valence electrons. The van der Waals surface area contributed by atoms with E-state index >= 15 is 0 Å². The highest BCUT2D eigenvalue weighted by molar-refractivity contribution is 7.60. The summed E-state index contributed by atoms with van der Waals surface area (Å²) >= 11 is 0. The van der Waals surface area contributed by atoms with E-state index in [-0.39, 0.29) is 22.7 Å². The summed E-state index contributed by atoms with van der Waals surface area (Å²) in [5.41, 5.74) is 1.31. The molecule has 22 heavy (non-hydrogen) atoms. The third-order valence-electron chi connectivity index (χ3n) is 3.73. The zero-order valence-corrected chi connectivity index (χ0v) is 13.1. The molecule has 0 spiro atoms. The van der Waals surface area contributed by atoms with E-state index in [1.807, 2.05) is 19.1 Å². The summed E-state index contributed by atoms with van der Waals surface area (Å²) in [4.78, 5) is 18.8. The highest BCUT2D eigenvalue weighted by Crippen LogP contribution is 2.38. The quantitative estimate of drug-likeness (QED) is 0.634. The van der Waals surface area contributed by atoms with Gasteiger partial charge in [0.15, 0.2) is 0 Å². The van der Waals surface area contributed by atoms with E-state index in [0.717, 1.165) is 5.56 Å². The molecule has 1 atom stereocenters. The molecule has 2 aromatic rings. The van der Waals surface area contributed by atoms with Crippen LogP contribution in [0.25, 0.3) is 0 Å². The standard InChI is InChI=1S/C16H19O5P/c1-11(12-6-8-13(17)9-7-12)5-10-14-15(18)3-2-4-16(14)22(19,20)21/h2-4,6-9,11,17-18H,5,10H2,1H3,(H2,19,20,21). The molecular formula is C16H19O5P. The topological polar surface area (TPSA) is 98.0 Å². The zero-order valence-electron chi connectivity index (χ0n) is 12.2. The second kappa shape index (κ2) is 6.53. The summed E-state index contributed by atoms with van der Waals surface area (Å²) in [5, 5.41) is 19.1. The maximum atomic E-state index is 11.5. The number of hydrogen-bond acceptors (Lipinski definition) is 3. The molecule has 0 aliphatic rings. The van der Waals surface area contributed by atoms with Gasteiger partial charge in [-0.1, -0.05) is 25.1 Å². The molecule has 0 aromatic heterocycles. The van der Waals surface area contributed by atoms with Crippen molar-refractivity contribution < 1.29 is 24.6 Å². The molecule has 2 rings (SSSR count). The van der Waals surface area contributed by atoms with Gasteiger partial charge in [0, 0.05) is 5.56 Å². The molecule has 1 unspecified atom stereocenters. The van der Waals surface area contributed by atoms with E-state index in [9.17, 15) is 24.6 Å². The molecule has 0 radical (unpaired) electrons. The Labute approximate surface area is 129 Å². The second-order valence-corrected chi connectivity index (χ2v) is 6.92. The lowest BCUT2D eigenvalue weighted by Gasteiger charge is -2.16.